The van der Waals surface area contributed by atoms with Crippen molar-refractivity contribution in [2.24, 2.45) is 5.16 Å². The van der Waals surface area contributed by atoms with Crippen molar-refractivity contribution in [3.63, 3.8) is 0 Å². The molecule has 0 aromatic carbocycles. The summed E-state index contributed by atoms with van der Waals surface area (Å²) in [6.07, 6.45) is -0.996. The summed E-state index contributed by atoms with van der Waals surface area (Å²) in [5, 5.41) is 20.3. The van der Waals surface area contributed by atoms with Gasteiger partial charge in [-0.3, -0.25) is 10.1 Å². The van der Waals surface area contributed by atoms with E-state index in [1.54, 1.807) is 12.2 Å². The van der Waals surface area contributed by atoms with E-state index in [2.05, 4.69) is 9.89 Å². The second-order valence-corrected chi connectivity index (χ2v) is 1.74. The van der Waals surface area contributed by atoms with E-state index in [0.717, 1.165) is 0 Å². The predicted molar refractivity (Wildman–Crippen MR) is 40.0 cm³/mol. The number of nitrogens with zero attached hydrogens (tertiary/aromatic N) is 2. The first-order valence-corrected chi connectivity index (χ1v) is 3.26. The summed E-state index contributed by atoms with van der Waals surface area (Å²) in [6.45, 7) is 1.65. The molecule has 0 aliphatic carbocycles. The topological polar surface area (TPSA) is 112 Å². The quantitative estimate of drug-likeness (QED) is 0.345. The summed E-state index contributed by atoms with van der Waals surface area (Å²) in [4.78, 5) is 21.4. The first-order chi connectivity index (χ1) is 6.15. The van der Waals surface area contributed by atoms with Gasteiger partial charge in [-0.05, 0) is 6.92 Å². The number of hydrogen-bond acceptors (Lipinski definition) is 6. The van der Waals surface area contributed by atoms with E-state index in [-0.39, 0.29) is 6.61 Å². The van der Waals surface area contributed by atoms with Crippen LogP contribution in [0.1, 0.15) is 6.92 Å². The van der Waals surface area contributed by atoms with Crippen LogP contribution < -0.4 is 5.32 Å². The van der Waals surface area contributed by atoms with Crippen LogP contribution in [0.4, 0.5) is 4.79 Å². The van der Waals surface area contributed by atoms with Crippen molar-refractivity contribution < 1.29 is 19.5 Å². The molecule has 0 saturated carbocycles. The van der Waals surface area contributed by atoms with Crippen molar-refractivity contribution in [1.82, 2.24) is 5.32 Å². The molecule has 2 N–H and O–H groups in total. The fourth-order valence-electron chi connectivity index (χ4n) is 0.438. The molecule has 0 fully saturated rings. The Bertz CT molecular complexity index is 278. The van der Waals surface area contributed by atoms with E-state index < -0.39 is 17.7 Å². The Morgan fingerprint density at radius 2 is 2.31 bits per heavy atom. The van der Waals surface area contributed by atoms with Gasteiger partial charge in [-0.2, -0.15) is 5.26 Å². The van der Waals surface area contributed by atoms with Gasteiger partial charge in [0.25, 0.3) is 5.91 Å². The van der Waals surface area contributed by atoms with E-state index in [0.29, 0.717) is 0 Å². The van der Waals surface area contributed by atoms with Crippen LogP contribution in [-0.2, 0) is 9.53 Å². The van der Waals surface area contributed by atoms with Crippen molar-refractivity contribution in [3.8, 4) is 6.07 Å². The summed E-state index contributed by atoms with van der Waals surface area (Å²) in [5.41, 5.74) is -0.812. The minimum absolute atomic E-state index is 0.0945. The number of nitriles is 1. The highest BCUT2D eigenvalue weighted by Gasteiger charge is 2.14. The number of carbonyl (C=O) groups is 2. The smallest absolute Gasteiger partial charge is 0.414 e. The van der Waals surface area contributed by atoms with E-state index in [9.17, 15) is 9.59 Å². The predicted octanol–water partition coefficient (Wildman–Crippen LogP) is -0.387. The highest BCUT2D eigenvalue weighted by molar-refractivity contribution is 6.46. The van der Waals surface area contributed by atoms with Crippen molar-refractivity contribution in [3.05, 3.63) is 0 Å². The zero-order chi connectivity index (χ0) is 10.3. The number of rotatable bonds is 2. The maximum atomic E-state index is 10.8. The monoisotopic (exact) mass is 185 g/mol. The van der Waals surface area contributed by atoms with Gasteiger partial charge in [-0.1, -0.05) is 5.16 Å². The van der Waals surface area contributed by atoms with Gasteiger partial charge in [0.2, 0.25) is 5.71 Å². The van der Waals surface area contributed by atoms with Crippen LogP contribution in [0.25, 0.3) is 0 Å². The fourth-order valence-corrected chi connectivity index (χ4v) is 0.438. The number of hydrogen-bond donors (Lipinski definition) is 2. The van der Waals surface area contributed by atoms with E-state index in [1.807, 2.05) is 0 Å². The van der Waals surface area contributed by atoms with Crippen LogP contribution >= 0.6 is 0 Å². The number of imide groups is 1. The maximum Gasteiger partial charge on any atom is 0.414 e. The Morgan fingerprint density at radius 3 is 2.69 bits per heavy atom. The Balaban J connectivity index is 4.17. The third-order valence-electron chi connectivity index (χ3n) is 0.912. The summed E-state index contributed by atoms with van der Waals surface area (Å²) in [6, 6.07) is 1.28. The lowest BCUT2D eigenvalue weighted by Crippen LogP contribution is -2.35. The highest BCUT2D eigenvalue weighted by atomic mass is 16.5. The second kappa shape index (κ2) is 5.54. The lowest BCUT2D eigenvalue weighted by Gasteiger charge is -2.00. The van der Waals surface area contributed by atoms with Crippen LogP contribution in [-0.4, -0.2) is 29.5 Å². The Morgan fingerprint density at radius 1 is 1.69 bits per heavy atom. The Labute approximate surface area is 73.6 Å². The minimum atomic E-state index is -1.11. The molecule has 7 nitrogen and oxygen atoms in total. The first-order valence-electron chi connectivity index (χ1n) is 3.26. The molecule has 0 rings (SSSR count). The van der Waals surface area contributed by atoms with E-state index in [4.69, 9.17) is 10.5 Å². The van der Waals surface area contributed by atoms with Crippen LogP contribution in [0.5, 0.6) is 0 Å². The van der Waals surface area contributed by atoms with Gasteiger partial charge in [0, 0.05) is 0 Å². The SMILES string of the molecule is CCOC(=O)NC(=O)/C(C#N)=N/O. The van der Waals surface area contributed by atoms with Gasteiger partial charge in [0.15, 0.2) is 0 Å². The number of ether oxygens (including phenoxy) is 1. The molecule has 0 aromatic rings. The molecular formula is C6H7N3O4. The van der Waals surface area contributed by atoms with Gasteiger partial charge in [-0.25, -0.2) is 4.79 Å². The van der Waals surface area contributed by atoms with Crippen LogP contribution in [0.3, 0.4) is 0 Å². The lowest BCUT2D eigenvalue weighted by molar-refractivity contribution is -0.114. The van der Waals surface area contributed by atoms with Gasteiger partial charge < -0.3 is 9.94 Å². The zero-order valence-electron chi connectivity index (χ0n) is 6.77. The first kappa shape index (κ1) is 10.9. The third-order valence-corrected chi connectivity index (χ3v) is 0.912. The number of alkyl carbamates (subject to hydrolysis) is 1. The normalized spacial score (nSPS) is 10.0. The number of carbonyl (C=O) groups excluding carboxylic acids is 2. The van der Waals surface area contributed by atoms with Crippen LogP contribution in [0, 0.1) is 11.3 Å². The van der Waals surface area contributed by atoms with Crippen LogP contribution in [0.15, 0.2) is 5.16 Å². The Hall–Kier alpha value is -2.10. The molecule has 0 aliphatic heterocycles. The molecule has 0 bridgehead atoms. The number of amides is 2. The van der Waals surface area contributed by atoms with E-state index >= 15 is 0 Å². The lowest BCUT2D eigenvalue weighted by atomic mass is 10.4. The average Bonchev–Trinajstić information content (AvgIpc) is 2.06. The summed E-state index contributed by atoms with van der Waals surface area (Å²) < 4.78 is 4.33. The van der Waals surface area contributed by atoms with Crippen molar-refractivity contribution in [2.75, 3.05) is 6.61 Å². The van der Waals surface area contributed by atoms with Gasteiger partial charge in [0.1, 0.15) is 6.07 Å². The molecule has 13 heavy (non-hydrogen) atoms. The molecule has 0 radical (unpaired) electrons. The maximum absolute atomic E-state index is 10.8. The van der Waals surface area contributed by atoms with Crippen molar-refractivity contribution in [1.29, 1.82) is 5.26 Å². The minimum Gasteiger partial charge on any atom is -0.450 e. The second-order valence-electron chi connectivity index (χ2n) is 1.74. The number of oxime groups is 1. The molecule has 7 heteroatoms. The largest absolute Gasteiger partial charge is 0.450 e. The fraction of sp³-hybridized carbons (Fsp3) is 0.333. The molecule has 2 amide bonds. The molecule has 0 atom stereocenters. The summed E-state index contributed by atoms with van der Waals surface area (Å²) in [5.74, 6) is -1.11. The summed E-state index contributed by atoms with van der Waals surface area (Å²) >= 11 is 0. The molecule has 0 aromatic heterocycles. The van der Waals surface area contributed by atoms with E-state index in [1.165, 1.54) is 6.07 Å². The van der Waals surface area contributed by atoms with Gasteiger partial charge in [-0.15, -0.1) is 0 Å². The zero-order valence-corrected chi connectivity index (χ0v) is 6.77. The standard InChI is InChI=1S/C6H7N3O4/c1-2-13-6(11)8-5(10)4(3-7)9-12/h12H,2H2,1H3,(H,8,10,11)/b9-4+. The molecule has 0 unspecified atom stereocenters. The third kappa shape index (κ3) is 3.71. The van der Waals surface area contributed by atoms with Gasteiger partial charge >= 0.3 is 6.09 Å². The number of nitrogens with one attached hydrogen (secondary N) is 1. The molecule has 70 valence electrons. The summed E-state index contributed by atoms with van der Waals surface area (Å²) in [7, 11) is 0. The molecule has 0 spiro atoms. The van der Waals surface area contributed by atoms with Crippen molar-refractivity contribution >= 4 is 17.7 Å². The van der Waals surface area contributed by atoms with Crippen LogP contribution in [0.2, 0.25) is 0 Å². The molecule has 0 heterocycles. The molecular weight excluding hydrogens is 178 g/mol. The molecule has 0 aliphatic rings. The Kier molecular flexibility index (Phi) is 4.64. The average molecular weight is 185 g/mol. The van der Waals surface area contributed by atoms with Crippen molar-refractivity contribution in [2.45, 2.75) is 6.92 Å². The highest BCUT2D eigenvalue weighted by Crippen LogP contribution is 1.80. The molecule has 0 saturated heterocycles. The van der Waals surface area contributed by atoms with Gasteiger partial charge in [0.05, 0.1) is 6.61 Å².